The van der Waals surface area contributed by atoms with Gasteiger partial charge in [0, 0.05) is 0 Å². The Morgan fingerprint density at radius 2 is 1.04 bits per heavy atom. The maximum atomic E-state index is 13.7. The molecule has 8 heteroatoms. The van der Waals surface area contributed by atoms with Crippen LogP contribution in [0, 0.1) is 35.5 Å². The number of rotatable bonds is 14. The fourth-order valence-electron chi connectivity index (χ4n) is 7.60. The highest BCUT2D eigenvalue weighted by molar-refractivity contribution is 7.80. The van der Waals surface area contributed by atoms with Crippen molar-refractivity contribution in [1.29, 1.82) is 0 Å². The van der Waals surface area contributed by atoms with E-state index in [4.69, 9.17) is 43.4 Å². The van der Waals surface area contributed by atoms with Crippen molar-refractivity contribution in [3.05, 3.63) is 23.3 Å². The summed E-state index contributed by atoms with van der Waals surface area (Å²) < 4.78 is 24.1. The van der Waals surface area contributed by atoms with Crippen molar-refractivity contribution in [2.24, 2.45) is 35.5 Å². The molecule has 0 spiro atoms. The molecule has 1 aromatic carbocycles. The average molecular weight is 687 g/mol. The third-order valence-corrected chi connectivity index (χ3v) is 11.7. The van der Waals surface area contributed by atoms with E-state index in [9.17, 15) is 9.59 Å². The summed E-state index contributed by atoms with van der Waals surface area (Å²) in [6.07, 6.45) is 17.7. The van der Waals surface area contributed by atoms with Gasteiger partial charge in [-0.1, -0.05) is 59.8 Å². The number of hydrogen-bond donors (Lipinski definition) is 0. The molecule has 0 bridgehead atoms. The third-order valence-electron chi connectivity index (χ3n) is 11.0. The third kappa shape index (κ3) is 11.0. The summed E-state index contributed by atoms with van der Waals surface area (Å²) in [6.45, 7) is 9.60. The van der Waals surface area contributed by atoms with Crippen LogP contribution in [0.15, 0.2) is 12.1 Å². The van der Waals surface area contributed by atoms with Crippen LogP contribution in [0.5, 0.6) is 11.5 Å². The molecule has 3 aliphatic rings. The average Bonchev–Trinajstić information content (AvgIpc) is 3.09. The van der Waals surface area contributed by atoms with E-state index in [-0.39, 0.29) is 45.4 Å². The van der Waals surface area contributed by atoms with Crippen molar-refractivity contribution in [2.75, 3.05) is 13.2 Å². The number of esters is 2. The van der Waals surface area contributed by atoms with Crippen LogP contribution >= 0.6 is 24.4 Å². The second kappa shape index (κ2) is 19.2. The van der Waals surface area contributed by atoms with Gasteiger partial charge in [0.15, 0.2) is 10.1 Å². The molecule has 1 aromatic rings. The molecule has 0 radical (unpaired) electrons. The molecule has 0 aromatic heterocycles. The zero-order chi connectivity index (χ0) is 33.8. The lowest BCUT2D eigenvalue weighted by Crippen LogP contribution is -2.30. The molecule has 0 unspecified atom stereocenters. The van der Waals surface area contributed by atoms with Crippen LogP contribution in [0.25, 0.3) is 0 Å². The Bertz CT molecular complexity index is 1190. The largest absolute Gasteiger partial charge is 0.483 e. The molecule has 47 heavy (non-hydrogen) atoms. The molecule has 6 nitrogen and oxygen atoms in total. The molecule has 4 rings (SSSR count). The van der Waals surface area contributed by atoms with Crippen molar-refractivity contribution in [3.63, 3.8) is 0 Å². The Morgan fingerprint density at radius 3 is 1.45 bits per heavy atom. The van der Waals surface area contributed by atoms with Crippen LogP contribution in [0.2, 0.25) is 0 Å². The lowest BCUT2D eigenvalue weighted by atomic mass is 9.69. The molecule has 0 heterocycles. The Labute approximate surface area is 294 Å². The molecule has 0 amide bonds. The molecule has 3 saturated carbocycles. The van der Waals surface area contributed by atoms with Crippen LogP contribution in [0.1, 0.15) is 148 Å². The normalized spacial score (nSPS) is 26.2. The summed E-state index contributed by atoms with van der Waals surface area (Å²) in [4.78, 5) is 27.1. The number of carbonyl (C=O) groups is 2. The first kappa shape index (κ1) is 37.8. The van der Waals surface area contributed by atoms with Gasteiger partial charge in [0.05, 0.1) is 36.2 Å². The second-order valence-electron chi connectivity index (χ2n) is 14.4. The van der Waals surface area contributed by atoms with Crippen molar-refractivity contribution in [2.45, 2.75) is 137 Å². The first-order valence-corrected chi connectivity index (χ1v) is 19.5. The van der Waals surface area contributed by atoms with Crippen molar-refractivity contribution in [1.82, 2.24) is 0 Å². The zero-order valence-electron chi connectivity index (χ0n) is 29.3. The lowest BCUT2D eigenvalue weighted by Gasteiger charge is -2.37. The van der Waals surface area contributed by atoms with Crippen LogP contribution in [0.3, 0.4) is 0 Å². The van der Waals surface area contributed by atoms with Gasteiger partial charge >= 0.3 is 11.9 Å². The van der Waals surface area contributed by atoms with Crippen molar-refractivity contribution < 1.29 is 28.5 Å². The first-order valence-electron chi connectivity index (χ1n) is 18.7. The summed E-state index contributed by atoms with van der Waals surface area (Å²) in [5, 5.41) is 0.416. The van der Waals surface area contributed by atoms with Gasteiger partial charge in [0.25, 0.3) is 0 Å². The second-order valence-corrected chi connectivity index (χ2v) is 15.2. The van der Waals surface area contributed by atoms with Gasteiger partial charge in [-0.3, -0.25) is 9.59 Å². The van der Waals surface area contributed by atoms with Gasteiger partial charge in [0.2, 0.25) is 0 Å². The zero-order valence-corrected chi connectivity index (χ0v) is 31.0. The molecule has 262 valence electrons. The quantitative estimate of drug-likeness (QED) is 0.0829. The molecule has 0 N–H and O–H groups in total. The smallest absolute Gasteiger partial charge is 0.314 e. The number of ether oxygens (including phenoxy) is 4. The van der Waals surface area contributed by atoms with E-state index >= 15 is 0 Å². The molecular formula is C39H58O6S2. The number of hydrogen-bond acceptors (Lipinski definition) is 8. The maximum Gasteiger partial charge on any atom is 0.314 e. The monoisotopic (exact) mass is 686 g/mol. The van der Waals surface area contributed by atoms with Gasteiger partial charge in [-0.25, -0.2) is 0 Å². The summed E-state index contributed by atoms with van der Waals surface area (Å²) in [6, 6.07) is 3.33. The van der Waals surface area contributed by atoms with Crippen LogP contribution in [0.4, 0.5) is 0 Å². The van der Waals surface area contributed by atoms with Crippen LogP contribution in [-0.2, 0) is 19.1 Å². The van der Waals surface area contributed by atoms with Gasteiger partial charge in [0.1, 0.15) is 11.5 Å². The number of unbranched alkanes of at least 4 members (excludes halogenated alkanes) is 2. The van der Waals surface area contributed by atoms with Gasteiger partial charge in [-0.15, -0.1) is 0 Å². The van der Waals surface area contributed by atoms with E-state index in [0.29, 0.717) is 36.2 Å². The number of benzene rings is 1. The summed E-state index contributed by atoms with van der Waals surface area (Å²) in [7, 11) is 0. The molecule has 0 saturated heterocycles. The summed E-state index contributed by atoms with van der Waals surface area (Å²) in [5.74, 6) is 2.70. The lowest BCUT2D eigenvalue weighted by molar-refractivity contribution is -0.141. The highest BCUT2D eigenvalue weighted by Crippen LogP contribution is 2.43. The molecular weight excluding hydrogens is 629 g/mol. The molecule has 0 aliphatic heterocycles. The fraction of sp³-hybridized carbons (Fsp3) is 0.744. The summed E-state index contributed by atoms with van der Waals surface area (Å²) in [5.41, 5.74) is 0.842. The Morgan fingerprint density at radius 1 is 0.638 bits per heavy atom. The highest BCUT2D eigenvalue weighted by Gasteiger charge is 2.34. The number of thiocarbonyl (C=S) groups is 2. The molecule has 3 fully saturated rings. The summed E-state index contributed by atoms with van der Waals surface area (Å²) >= 11 is 11.4. The van der Waals surface area contributed by atoms with Gasteiger partial charge in [-0.05, 0) is 137 Å². The van der Waals surface area contributed by atoms with Crippen molar-refractivity contribution in [3.8, 4) is 11.5 Å². The number of carbonyl (C=O) groups excluding carboxylic acids is 2. The van der Waals surface area contributed by atoms with Gasteiger partial charge < -0.3 is 18.9 Å². The predicted octanol–water partition coefficient (Wildman–Crippen LogP) is 10.3. The van der Waals surface area contributed by atoms with Crippen molar-refractivity contribution >= 4 is 46.5 Å². The highest BCUT2D eigenvalue weighted by atomic mass is 32.1. The Balaban J connectivity index is 1.54. The minimum absolute atomic E-state index is 0.164. The van der Waals surface area contributed by atoms with E-state index in [0.717, 1.165) is 88.9 Å². The van der Waals surface area contributed by atoms with E-state index in [1.165, 1.54) is 32.1 Å². The Kier molecular flexibility index (Phi) is 15.4. The maximum absolute atomic E-state index is 13.7. The molecule has 3 aliphatic carbocycles. The van der Waals surface area contributed by atoms with E-state index in [2.05, 4.69) is 27.7 Å². The standard InChI is InChI=1S/C39H58O6S2/c1-5-8-22-42-38(46)32-25-35(45-37(41)31-20-18-29(19-21-31)28-16-12-27(7-3)13-17-28)33(39(47)43-23-9-6-2)24-34(32)44-36(40)30-14-10-26(4)11-15-30/h24-31H,5-23H2,1-4H3. The first-order chi connectivity index (χ1) is 22.7. The fourth-order valence-corrected chi connectivity index (χ4v) is 8.08. The SMILES string of the molecule is CCCCOC(=S)c1cc(OC(=O)C2CCC(C3CCC(CC)CC3)CC2)c(C(=S)OCCCC)cc1OC(=O)C1CCC(C)CC1. The van der Waals surface area contributed by atoms with E-state index in [1.54, 1.807) is 12.1 Å². The minimum Gasteiger partial charge on any atom is -0.483 e. The minimum atomic E-state index is -0.275. The van der Waals surface area contributed by atoms with Crippen LogP contribution < -0.4 is 9.47 Å². The van der Waals surface area contributed by atoms with E-state index < -0.39 is 0 Å². The predicted molar refractivity (Wildman–Crippen MR) is 195 cm³/mol. The van der Waals surface area contributed by atoms with Crippen LogP contribution in [-0.4, -0.2) is 35.3 Å². The van der Waals surface area contributed by atoms with Gasteiger partial charge in [-0.2, -0.15) is 0 Å². The topological polar surface area (TPSA) is 71.1 Å². The van der Waals surface area contributed by atoms with E-state index in [1.807, 2.05) is 0 Å². The molecule has 0 atom stereocenters. The Hall–Kier alpha value is -2.06.